The van der Waals surface area contributed by atoms with Crippen LogP contribution in [0.15, 0.2) is 27.6 Å². The first-order valence-electron chi connectivity index (χ1n) is 7.27. The van der Waals surface area contributed by atoms with E-state index in [1.165, 1.54) is 19.3 Å². The topological polar surface area (TPSA) is 46.2 Å². The van der Waals surface area contributed by atoms with E-state index in [1.807, 2.05) is 19.1 Å². The molecule has 112 valence electrons. The van der Waals surface area contributed by atoms with Gasteiger partial charge in [-0.15, -0.1) is 0 Å². The van der Waals surface area contributed by atoms with Gasteiger partial charge in [0.05, 0.1) is 4.90 Å². The molecule has 0 saturated heterocycles. The zero-order chi connectivity index (χ0) is 14.6. The third-order valence-electron chi connectivity index (χ3n) is 3.80. The first kappa shape index (κ1) is 16.0. The van der Waals surface area contributed by atoms with Crippen molar-refractivity contribution in [1.29, 1.82) is 0 Å². The van der Waals surface area contributed by atoms with Gasteiger partial charge >= 0.3 is 0 Å². The van der Waals surface area contributed by atoms with Crippen molar-refractivity contribution in [3.8, 4) is 0 Å². The van der Waals surface area contributed by atoms with Gasteiger partial charge in [-0.05, 0) is 53.4 Å². The fourth-order valence-corrected chi connectivity index (χ4v) is 5.18. The molecule has 5 heteroatoms. The van der Waals surface area contributed by atoms with Crippen LogP contribution >= 0.6 is 15.9 Å². The van der Waals surface area contributed by atoms with Crippen molar-refractivity contribution in [2.75, 3.05) is 0 Å². The van der Waals surface area contributed by atoms with Crippen molar-refractivity contribution < 1.29 is 8.42 Å². The summed E-state index contributed by atoms with van der Waals surface area (Å²) >= 11 is 3.36. The van der Waals surface area contributed by atoms with E-state index < -0.39 is 10.0 Å². The Balaban J connectivity index is 2.13. The van der Waals surface area contributed by atoms with Gasteiger partial charge in [-0.1, -0.05) is 38.2 Å². The standard InChI is InChI=1S/C15H22BrNO2S/c1-12-9-10-15(14(16)11-12)20(18,19)17-13-7-5-3-2-4-6-8-13/h9-11,13,17H,2-8H2,1H3. The molecular weight excluding hydrogens is 338 g/mol. The normalized spacial score (nSPS) is 18.5. The molecule has 1 aromatic rings. The van der Waals surface area contributed by atoms with Crippen LogP contribution < -0.4 is 4.72 Å². The van der Waals surface area contributed by atoms with Crippen molar-refractivity contribution >= 4 is 26.0 Å². The largest absolute Gasteiger partial charge is 0.241 e. The molecule has 0 spiro atoms. The number of aryl methyl sites for hydroxylation is 1. The lowest BCUT2D eigenvalue weighted by Gasteiger charge is -2.21. The van der Waals surface area contributed by atoms with Gasteiger partial charge in [0.1, 0.15) is 0 Å². The van der Waals surface area contributed by atoms with Gasteiger partial charge in [0, 0.05) is 10.5 Å². The summed E-state index contributed by atoms with van der Waals surface area (Å²) in [5.74, 6) is 0. The molecule has 3 nitrogen and oxygen atoms in total. The minimum Gasteiger partial charge on any atom is -0.208 e. The van der Waals surface area contributed by atoms with E-state index in [4.69, 9.17) is 0 Å². The summed E-state index contributed by atoms with van der Waals surface area (Å²) in [5, 5.41) is 0. The molecule has 1 fully saturated rings. The maximum atomic E-state index is 12.5. The molecule has 0 radical (unpaired) electrons. The van der Waals surface area contributed by atoms with Crippen LogP contribution in [0.5, 0.6) is 0 Å². The van der Waals surface area contributed by atoms with Crippen molar-refractivity contribution in [3.63, 3.8) is 0 Å². The highest BCUT2D eigenvalue weighted by atomic mass is 79.9. The number of rotatable bonds is 3. The summed E-state index contributed by atoms with van der Waals surface area (Å²) in [4.78, 5) is 0.338. The minimum atomic E-state index is -3.43. The first-order chi connectivity index (χ1) is 9.49. The highest BCUT2D eigenvalue weighted by Gasteiger charge is 2.22. The highest BCUT2D eigenvalue weighted by molar-refractivity contribution is 9.10. The second-order valence-electron chi connectivity index (χ2n) is 5.60. The summed E-state index contributed by atoms with van der Waals surface area (Å²) in [6.45, 7) is 1.95. The lowest BCUT2D eigenvalue weighted by atomic mass is 9.97. The van der Waals surface area contributed by atoms with Gasteiger partial charge in [-0.2, -0.15) is 0 Å². The predicted molar refractivity (Wildman–Crippen MR) is 85.3 cm³/mol. The van der Waals surface area contributed by atoms with Crippen molar-refractivity contribution in [2.24, 2.45) is 0 Å². The van der Waals surface area contributed by atoms with E-state index >= 15 is 0 Å². The molecule has 20 heavy (non-hydrogen) atoms. The van der Waals surface area contributed by atoms with E-state index in [2.05, 4.69) is 20.7 Å². The average molecular weight is 360 g/mol. The van der Waals surface area contributed by atoms with Crippen LogP contribution in [0, 0.1) is 6.92 Å². The Morgan fingerprint density at radius 3 is 2.30 bits per heavy atom. The number of sulfonamides is 1. The van der Waals surface area contributed by atoms with Gasteiger partial charge in [0.25, 0.3) is 0 Å². The number of hydrogen-bond donors (Lipinski definition) is 1. The molecule has 1 aromatic carbocycles. The molecule has 0 aromatic heterocycles. The van der Waals surface area contributed by atoms with Gasteiger partial charge in [0.2, 0.25) is 10.0 Å². The van der Waals surface area contributed by atoms with Crippen molar-refractivity contribution in [2.45, 2.75) is 62.8 Å². The fraction of sp³-hybridized carbons (Fsp3) is 0.600. The first-order valence-corrected chi connectivity index (χ1v) is 9.55. The van der Waals surface area contributed by atoms with Crippen molar-refractivity contribution in [3.05, 3.63) is 28.2 Å². The van der Waals surface area contributed by atoms with Gasteiger partial charge < -0.3 is 0 Å². The zero-order valence-corrected chi connectivity index (χ0v) is 14.3. The van der Waals surface area contributed by atoms with Crippen LogP contribution in [0.4, 0.5) is 0 Å². The predicted octanol–water partition coefficient (Wildman–Crippen LogP) is 4.15. The van der Waals surface area contributed by atoms with Crippen LogP contribution in [0.3, 0.4) is 0 Å². The lowest BCUT2D eigenvalue weighted by Crippen LogP contribution is -2.35. The molecule has 0 heterocycles. The van der Waals surface area contributed by atoms with Crippen LogP contribution in [0.2, 0.25) is 0 Å². The summed E-state index contributed by atoms with van der Waals surface area (Å²) in [6, 6.07) is 5.42. The van der Waals surface area contributed by atoms with E-state index in [-0.39, 0.29) is 6.04 Å². The minimum absolute atomic E-state index is 0.0773. The second-order valence-corrected chi connectivity index (χ2v) is 8.13. The van der Waals surface area contributed by atoms with E-state index in [0.717, 1.165) is 31.2 Å². The van der Waals surface area contributed by atoms with Crippen molar-refractivity contribution in [1.82, 2.24) is 4.72 Å². The molecule has 1 saturated carbocycles. The maximum absolute atomic E-state index is 12.5. The molecule has 1 aliphatic carbocycles. The summed E-state index contributed by atoms with van der Waals surface area (Å²) < 4.78 is 28.5. The third-order valence-corrected chi connectivity index (χ3v) is 6.30. The second kappa shape index (κ2) is 7.05. The Morgan fingerprint density at radius 2 is 1.70 bits per heavy atom. The fourth-order valence-electron chi connectivity index (χ4n) is 2.68. The van der Waals surface area contributed by atoms with Gasteiger partial charge in [-0.3, -0.25) is 0 Å². The number of halogens is 1. The van der Waals surface area contributed by atoms with E-state index in [9.17, 15) is 8.42 Å². The van der Waals surface area contributed by atoms with Crippen LogP contribution in [-0.4, -0.2) is 14.5 Å². The molecule has 0 unspecified atom stereocenters. The molecule has 0 amide bonds. The Morgan fingerprint density at radius 1 is 1.10 bits per heavy atom. The third kappa shape index (κ3) is 4.30. The summed E-state index contributed by atoms with van der Waals surface area (Å²) in [7, 11) is -3.43. The molecule has 0 aliphatic heterocycles. The Bertz CT molecular complexity index is 549. The quantitative estimate of drug-likeness (QED) is 0.880. The Hall–Kier alpha value is -0.390. The van der Waals surface area contributed by atoms with Gasteiger partial charge in [-0.25, -0.2) is 13.1 Å². The zero-order valence-electron chi connectivity index (χ0n) is 11.9. The molecule has 2 rings (SSSR count). The molecule has 0 atom stereocenters. The average Bonchev–Trinajstić information content (AvgIpc) is 2.31. The van der Waals surface area contributed by atoms with E-state index in [1.54, 1.807) is 6.07 Å². The SMILES string of the molecule is Cc1ccc(S(=O)(=O)NC2CCCCCCC2)c(Br)c1. The smallest absolute Gasteiger partial charge is 0.208 e. The highest BCUT2D eigenvalue weighted by Crippen LogP contribution is 2.25. The van der Waals surface area contributed by atoms with Crippen LogP contribution in [-0.2, 0) is 10.0 Å². The Labute approximate surface area is 130 Å². The number of nitrogens with one attached hydrogen (secondary N) is 1. The monoisotopic (exact) mass is 359 g/mol. The number of benzene rings is 1. The van der Waals surface area contributed by atoms with E-state index in [0.29, 0.717) is 9.37 Å². The molecule has 0 bridgehead atoms. The lowest BCUT2D eigenvalue weighted by molar-refractivity contribution is 0.426. The van der Waals surface area contributed by atoms with Crippen LogP contribution in [0.1, 0.15) is 50.5 Å². The van der Waals surface area contributed by atoms with Crippen LogP contribution in [0.25, 0.3) is 0 Å². The summed E-state index contributed by atoms with van der Waals surface area (Å²) in [5.41, 5.74) is 1.04. The molecular formula is C15H22BrNO2S. The molecule has 1 aliphatic rings. The Kier molecular flexibility index (Phi) is 5.64. The number of hydrogen-bond acceptors (Lipinski definition) is 2. The molecule has 1 N–H and O–H groups in total. The van der Waals surface area contributed by atoms with Gasteiger partial charge in [0.15, 0.2) is 0 Å². The maximum Gasteiger partial charge on any atom is 0.241 e. The summed E-state index contributed by atoms with van der Waals surface area (Å²) in [6.07, 6.45) is 7.83.